The molecule has 0 saturated carbocycles. The third kappa shape index (κ3) is 3.15. The second-order valence-electron chi connectivity index (χ2n) is 4.61. The first-order valence-electron chi connectivity index (χ1n) is 6.54. The van der Waals surface area contributed by atoms with E-state index in [2.05, 4.69) is 15.3 Å². The number of nitrogen functional groups attached to an aromatic ring is 1. The molecule has 0 fully saturated rings. The number of halogens is 2. The van der Waals surface area contributed by atoms with Gasteiger partial charge in [-0.15, -0.1) is 0 Å². The molecule has 0 bridgehead atoms. The summed E-state index contributed by atoms with van der Waals surface area (Å²) in [6.45, 7) is 0. The molecule has 3 rings (SSSR count). The number of rotatable bonds is 3. The van der Waals surface area contributed by atoms with Gasteiger partial charge in [0.15, 0.2) is 5.82 Å². The van der Waals surface area contributed by atoms with Crippen LogP contribution in [0.3, 0.4) is 0 Å². The molecule has 0 atom stereocenters. The topological polar surface area (TPSA) is 63.8 Å². The predicted molar refractivity (Wildman–Crippen MR) is 86.6 cm³/mol. The van der Waals surface area contributed by atoms with Gasteiger partial charge in [0.2, 0.25) is 0 Å². The Bertz CT molecular complexity index is 805. The highest BCUT2D eigenvalue weighted by Crippen LogP contribution is 2.26. The van der Waals surface area contributed by atoms with Crippen molar-refractivity contribution in [2.45, 2.75) is 0 Å². The Hall–Kier alpha value is -2.66. The number of aromatic nitrogens is 2. The molecule has 4 nitrogen and oxygen atoms in total. The van der Waals surface area contributed by atoms with E-state index in [0.29, 0.717) is 33.7 Å². The van der Waals surface area contributed by atoms with Gasteiger partial charge >= 0.3 is 0 Å². The molecule has 0 aliphatic rings. The maximum atomic E-state index is 13.0. The van der Waals surface area contributed by atoms with E-state index >= 15 is 0 Å². The zero-order valence-electron chi connectivity index (χ0n) is 11.4. The Morgan fingerprint density at radius 1 is 1.00 bits per heavy atom. The second kappa shape index (κ2) is 5.99. The third-order valence-electron chi connectivity index (χ3n) is 2.98. The summed E-state index contributed by atoms with van der Waals surface area (Å²) in [7, 11) is 0. The van der Waals surface area contributed by atoms with Crippen molar-refractivity contribution in [2.24, 2.45) is 0 Å². The van der Waals surface area contributed by atoms with Crippen molar-refractivity contribution in [1.29, 1.82) is 0 Å². The molecule has 0 radical (unpaired) electrons. The second-order valence-corrected chi connectivity index (χ2v) is 5.02. The van der Waals surface area contributed by atoms with Crippen molar-refractivity contribution < 1.29 is 4.39 Å². The fraction of sp³-hybridized carbons (Fsp3) is 0. The van der Waals surface area contributed by atoms with E-state index in [4.69, 9.17) is 17.3 Å². The molecule has 22 heavy (non-hydrogen) atoms. The number of hydrogen-bond acceptors (Lipinski definition) is 4. The maximum absolute atomic E-state index is 13.0. The van der Waals surface area contributed by atoms with E-state index in [9.17, 15) is 4.39 Å². The molecular formula is C16H12ClFN4. The van der Waals surface area contributed by atoms with E-state index in [1.54, 1.807) is 24.3 Å². The summed E-state index contributed by atoms with van der Waals surface area (Å²) in [6, 6.07) is 14.8. The normalized spacial score (nSPS) is 10.5. The number of benzene rings is 2. The minimum absolute atomic E-state index is 0.309. The van der Waals surface area contributed by atoms with E-state index in [1.165, 1.54) is 12.1 Å². The first-order valence-corrected chi connectivity index (χ1v) is 6.92. The average Bonchev–Trinajstić information content (AvgIpc) is 2.50. The number of nitrogens with zero attached hydrogens (tertiary/aromatic N) is 2. The zero-order chi connectivity index (χ0) is 15.5. The van der Waals surface area contributed by atoms with Crippen LogP contribution < -0.4 is 11.1 Å². The number of nitrogens with two attached hydrogens (primary N) is 1. The molecule has 2 aromatic carbocycles. The van der Waals surface area contributed by atoms with Gasteiger partial charge in [-0.2, -0.15) is 0 Å². The molecule has 0 saturated heterocycles. The quantitative estimate of drug-likeness (QED) is 0.758. The smallest absolute Gasteiger partial charge is 0.163 e. The summed E-state index contributed by atoms with van der Waals surface area (Å²) in [5, 5.41) is 3.67. The third-order valence-corrected chi connectivity index (χ3v) is 3.31. The fourth-order valence-electron chi connectivity index (χ4n) is 1.96. The molecule has 0 amide bonds. The largest absolute Gasteiger partial charge is 0.384 e. The molecule has 1 aromatic heterocycles. The number of hydrogen-bond donors (Lipinski definition) is 2. The van der Waals surface area contributed by atoms with Crippen LogP contribution in [0, 0.1) is 5.82 Å². The first-order chi connectivity index (χ1) is 10.6. The highest BCUT2D eigenvalue weighted by atomic mass is 35.5. The van der Waals surface area contributed by atoms with Gasteiger partial charge in [-0.1, -0.05) is 23.7 Å². The predicted octanol–water partition coefficient (Wildman–Crippen LogP) is 4.26. The van der Waals surface area contributed by atoms with Crippen molar-refractivity contribution in [3.05, 3.63) is 65.4 Å². The summed E-state index contributed by atoms with van der Waals surface area (Å²) in [5.41, 5.74) is 7.21. The van der Waals surface area contributed by atoms with Gasteiger partial charge in [-0.25, -0.2) is 14.4 Å². The SMILES string of the molecule is Nc1cc(Nc2ccccc2Cl)nc(-c2ccc(F)cc2)n1. The van der Waals surface area contributed by atoms with Crippen LogP contribution in [0.15, 0.2) is 54.6 Å². The molecule has 0 spiro atoms. The van der Waals surface area contributed by atoms with Crippen molar-refractivity contribution in [2.75, 3.05) is 11.1 Å². The number of anilines is 3. The Morgan fingerprint density at radius 2 is 1.73 bits per heavy atom. The van der Waals surface area contributed by atoms with Crippen LogP contribution in [-0.4, -0.2) is 9.97 Å². The highest BCUT2D eigenvalue weighted by Gasteiger charge is 2.07. The maximum Gasteiger partial charge on any atom is 0.163 e. The van der Waals surface area contributed by atoms with Crippen LogP contribution in [0.25, 0.3) is 11.4 Å². The Balaban J connectivity index is 1.96. The Kier molecular flexibility index (Phi) is 3.89. The molecule has 110 valence electrons. The summed E-state index contributed by atoms with van der Waals surface area (Å²) < 4.78 is 13.0. The van der Waals surface area contributed by atoms with Gasteiger partial charge in [-0.3, -0.25) is 0 Å². The van der Waals surface area contributed by atoms with Gasteiger partial charge in [0.25, 0.3) is 0 Å². The highest BCUT2D eigenvalue weighted by molar-refractivity contribution is 6.33. The lowest BCUT2D eigenvalue weighted by Crippen LogP contribution is -2.01. The van der Waals surface area contributed by atoms with Crippen LogP contribution in [0.1, 0.15) is 0 Å². The van der Waals surface area contributed by atoms with Crippen LogP contribution in [0.5, 0.6) is 0 Å². The monoisotopic (exact) mass is 314 g/mol. The van der Waals surface area contributed by atoms with E-state index in [0.717, 1.165) is 0 Å². The van der Waals surface area contributed by atoms with Crippen LogP contribution in [-0.2, 0) is 0 Å². The lowest BCUT2D eigenvalue weighted by Gasteiger charge is -2.09. The molecule has 1 heterocycles. The summed E-state index contributed by atoms with van der Waals surface area (Å²) >= 11 is 6.11. The Labute approximate surface area is 131 Å². The number of para-hydroxylation sites is 1. The van der Waals surface area contributed by atoms with E-state index < -0.39 is 0 Å². The van der Waals surface area contributed by atoms with Crippen molar-refractivity contribution >= 4 is 28.9 Å². The molecule has 3 aromatic rings. The Morgan fingerprint density at radius 3 is 2.45 bits per heavy atom. The summed E-state index contributed by atoms with van der Waals surface area (Å²) in [4.78, 5) is 8.56. The average molecular weight is 315 g/mol. The minimum Gasteiger partial charge on any atom is -0.384 e. The van der Waals surface area contributed by atoms with Crippen molar-refractivity contribution in [1.82, 2.24) is 9.97 Å². The molecule has 0 unspecified atom stereocenters. The van der Waals surface area contributed by atoms with Crippen LogP contribution in [0.4, 0.5) is 21.7 Å². The molecular weight excluding hydrogens is 303 g/mol. The van der Waals surface area contributed by atoms with Crippen LogP contribution in [0.2, 0.25) is 5.02 Å². The fourth-order valence-corrected chi connectivity index (χ4v) is 2.14. The molecule has 0 aliphatic carbocycles. The molecule has 3 N–H and O–H groups in total. The van der Waals surface area contributed by atoms with Gasteiger partial charge < -0.3 is 11.1 Å². The minimum atomic E-state index is -0.318. The van der Waals surface area contributed by atoms with Gasteiger partial charge in [-0.05, 0) is 36.4 Å². The first kappa shape index (κ1) is 14.3. The van der Waals surface area contributed by atoms with Crippen molar-refractivity contribution in [3.63, 3.8) is 0 Å². The molecule has 0 aliphatic heterocycles. The molecule has 6 heteroatoms. The van der Waals surface area contributed by atoms with Crippen LogP contribution >= 0.6 is 11.6 Å². The lowest BCUT2D eigenvalue weighted by molar-refractivity contribution is 0.628. The van der Waals surface area contributed by atoms with E-state index in [1.807, 2.05) is 18.2 Å². The van der Waals surface area contributed by atoms with Crippen molar-refractivity contribution in [3.8, 4) is 11.4 Å². The standard InChI is InChI=1S/C16H12ClFN4/c17-12-3-1-2-4-13(12)20-15-9-14(19)21-16(22-15)10-5-7-11(18)8-6-10/h1-9H,(H3,19,20,21,22). The number of nitrogens with one attached hydrogen (secondary N) is 1. The van der Waals surface area contributed by atoms with Gasteiger partial charge in [0.05, 0.1) is 10.7 Å². The van der Waals surface area contributed by atoms with Gasteiger partial charge in [0, 0.05) is 11.6 Å². The lowest BCUT2D eigenvalue weighted by atomic mass is 10.2. The van der Waals surface area contributed by atoms with Gasteiger partial charge in [0.1, 0.15) is 17.5 Å². The van der Waals surface area contributed by atoms with E-state index in [-0.39, 0.29) is 5.82 Å². The summed E-state index contributed by atoms with van der Waals surface area (Å²) in [6.07, 6.45) is 0. The summed E-state index contributed by atoms with van der Waals surface area (Å²) in [5.74, 6) is 0.917. The zero-order valence-corrected chi connectivity index (χ0v) is 12.2.